The molecule has 1 aromatic heterocycles. The topological polar surface area (TPSA) is 98.9 Å². The summed E-state index contributed by atoms with van der Waals surface area (Å²) in [6.07, 6.45) is 3.10. The second kappa shape index (κ2) is 9.91. The van der Waals surface area contributed by atoms with Crippen molar-refractivity contribution in [2.75, 3.05) is 13.2 Å². The number of carbonyl (C=O) groups excluding carboxylic acids is 3. The number of hydrogen-bond acceptors (Lipinski definition) is 7. The summed E-state index contributed by atoms with van der Waals surface area (Å²) in [4.78, 5) is 37.8. The normalized spacial score (nSPS) is 23.1. The number of nitrogens with zero attached hydrogens (tertiary/aromatic N) is 2. The molecule has 0 spiro atoms. The Bertz CT molecular complexity index is 1140. The van der Waals surface area contributed by atoms with Crippen molar-refractivity contribution in [1.29, 1.82) is 0 Å². The standard InChI is InChI=1S/C25H26Cl2N2O6/c1-2-33-25(32)19(30)10-21(31)29-11-14-8-15(29)9-20(14)34-12-16-23(28-35-24(16)13-6-7-13)22-17(26)4-3-5-18(22)27/h3-5,13-15,20H,2,6-12H2,1H3/t14-,15-,20+/m0/s1. The summed E-state index contributed by atoms with van der Waals surface area (Å²) in [7, 11) is 0. The third-order valence-corrected chi connectivity index (χ3v) is 7.65. The van der Waals surface area contributed by atoms with Gasteiger partial charge in [0.25, 0.3) is 0 Å². The fraction of sp³-hybridized carbons (Fsp3) is 0.520. The van der Waals surface area contributed by atoms with E-state index in [4.69, 9.17) is 37.2 Å². The van der Waals surface area contributed by atoms with E-state index in [1.807, 2.05) is 0 Å². The summed E-state index contributed by atoms with van der Waals surface area (Å²) in [6.45, 7) is 2.54. The fourth-order valence-electron chi connectivity index (χ4n) is 5.18. The predicted octanol–water partition coefficient (Wildman–Crippen LogP) is 4.55. The lowest BCUT2D eigenvalue weighted by Crippen LogP contribution is -2.43. The number of hydrogen-bond donors (Lipinski definition) is 0. The van der Waals surface area contributed by atoms with Gasteiger partial charge in [-0.1, -0.05) is 34.4 Å². The first-order valence-electron chi connectivity index (χ1n) is 11.9. The highest BCUT2D eigenvalue weighted by Crippen LogP contribution is 2.47. The molecular weight excluding hydrogens is 495 g/mol. The van der Waals surface area contributed by atoms with Gasteiger partial charge in [0.2, 0.25) is 11.7 Å². The summed E-state index contributed by atoms with van der Waals surface area (Å²) in [5.41, 5.74) is 2.12. The molecule has 8 nitrogen and oxygen atoms in total. The summed E-state index contributed by atoms with van der Waals surface area (Å²) in [5, 5.41) is 5.31. The third-order valence-electron chi connectivity index (χ3n) is 7.02. The zero-order valence-corrected chi connectivity index (χ0v) is 20.8. The first kappa shape index (κ1) is 24.3. The average molecular weight is 521 g/mol. The summed E-state index contributed by atoms with van der Waals surface area (Å²) < 4.78 is 16.8. The van der Waals surface area contributed by atoms with Crippen LogP contribution in [0.2, 0.25) is 10.0 Å². The molecule has 3 aliphatic rings. The number of benzene rings is 1. The van der Waals surface area contributed by atoms with E-state index in [2.05, 4.69) is 5.16 Å². The molecule has 3 fully saturated rings. The van der Waals surface area contributed by atoms with Gasteiger partial charge in [0.05, 0.1) is 35.8 Å². The molecule has 1 saturated heterocycles. The maximum absolute atomic E-state index is 12.6. The minimum atomic E-state index is -0.957. The monoisotopic (exact) mass is 520 g/mol. The van der Waals surface area contributed by atoms with Gasteiger partial charge in [-0.2, -0.15) is 0 Å². The molecule has 0 N–H and O–H groups in total. The Balaban J connectivity index is 1.24. The number of fused-ring (bicyclic) bond motifs is 2. The number of amides is 1. The van der Waals surface area contributed by atoms with Crippen LogP contribution in [-0.4, -0.2) is 53.0 Å². The van der Waals surface area contributed by atoms with Crippen LogP contribution in [0.15, 0.2) is 22.7 Å². The molecular formula is C25H26Cl2N2O6. The largest absolute Gasteiger partial charge is 0.460 e. The molecule has 2 heterocycles. The lowest BCUT2D eigenvalue weighted by atomic mass is 10.0. The number of piperidine rings is 1. The number of halogens is 2. The predicted molar refractivity (Wildman–Crippen MR) is 127 cm³/mol. The van der Waals surface area contributed by atoms with Gasteiger partial charge in [-0.15, -0.1) is 0 Å². The highest BCUT2D eigenvalue weighted by molar-refractivity contribution is 6.39. The van der Waals surface area contributed by atoms with Gasteiger partial charge in [0, 0.05) is 35.5 Å². The van der Waals surface area contributed by atoms with Crippen LogP contribution in [0.4, 0.5) is 0 Å². The van der Waals surface area contributed by atoms with E-state index >= 15 is 0 Å². The summed E-state index contributed by atoms with van der Waals surface area (Å²) in [6, 6.07) is 5.32. The van der Waals surface area contributed by atoms with Crippen molar-refractivity contribution in [2.24, 2.45) is 5.92 Å². The highest BCUT2D eigenvalue weighted by atomic mass is 35.5. The van der Waals surface area contributed by atoms with Gasteiger partial charge in [0.1, 0.15) is 11.5 Å². The smallest absolute Gasteiger partial charge is 0.375 e. The number of carbonyl (C=O) groups is 3. The van der Waals surface area contributed by atoms with E-state index in [0.717, 1.165) is 30.6 Å². The van der Waals surface area contributed by atoms with E-state index in [0.29, 0.717) is 46.8 Å². The van der Waals surface area contributed by atoms with E-state index in [1.165, 1.54) is 0 Å². The molecule has 1 aliphatic heterocycles. The van der Waals surface area contributed by atoms with Gasteiger partial charge in [-0.3, -0.25) is 9.59 Å². The van der Waals surface area contributed by atoms with Crippen LogP contribution in [0, 0.1) is 5.92 Å². The lowest BCUT2D eigenvalue weighted by Gasteiger charge is -2.31. The summed E-state index contributed by atoms with van der Waals surface area (Å²) in [5.74, 6) is -0.771. The van der Waals surface area contributed by atoms with Gasteiger partial charge in [-0.25, -0.2) is 4.79 Å². The van der Waals surface area contributed by atoms with Gasteiger partial charge >= 0.3 is 5.97 Å². The lowest BCUT2D eigenvalue weighted by molar-refractivity contribution is -0.155. The van der Waals surface area contributed by atoms with Gasteiger partial charge in [0.15, 0.2) is 0 Å². The third kappa shape index (κ3) is 4.84. The van der Waals surface area contributed by atoms with Crippen LogP contribution >= 0.6 is 23.2 Å². The molecule has 2 aliphatic carbocycles. The highest BCUT2D eigenvalue weighted by Gasteiger charge is 2.47. The Hall–Kier alpha value is -2.42. The number of rotatable bonds is 9. The minimum absolute atomic E-state index is 0.00430. The number of ketones is 1. The molecule has 3 atom stereocenters. The van der Waals surface area contributed by atoms with Crippen molar-refractivity contribution in [2.45, 2.75) is 63.7 Å². The molecule has 0 radical (unpaired) electrons. The van der Waals surface area contributed by atoms with E-state index in [1.54, 1.807) is 30.0 Å². The Morgan fingerprint density at radius 1 is 1.17 bits per heavy atom. The second-order valence-electron chi connectivity index (χ2n) is 9.35. The fourth-order valence-corrected chi connectivity index (χ4v) is 5.75. The van der Waals surface area contributed by atoms with Crippen LogP contribution in [0.5, 0.6) is 0 Å². The van der Waals surface area contributed by atoms with E-state index in [9.17, 15) is 14.4 Å². The number of likely N-dealkylation sites (tertiary alicyclic amines) is 1. The van der Waals surface area contributed by atoms with Crippen molar-refractivity contribution >= 4 is 40.9 Å². The molecule has 35 heavy (non-hydrogen) atoms. The van der Waals surface area contributed by atoms with Crippen LogP contribution < -0.4 is 0 Å². The zero-order valence-electron chi connectivity index (χ0n) is 19.3. The molecule has 1 aromatic carbocycles. The maximum atomic E-state index is 12.6. The van der Waals surface area contributed by atoms with Crippen LogP contribution in [0.25, 0.3) is 11.3 Å². The average Bonchev–Trinajstić information content (AvgIpc) is 3.28. The number of Topliss-reactive ketones (excluding diaryl/α,β-unsaturated/α-hetero) is 1. The molecule has 2 saturated carbocycles. The first-order chi connectivity index (χ1) is 16.9. The van der Waals surface area contributed by atoms with Crippen molar-refractivity contribution in [3.05, 3.63) is 39.6 Å². The molecule has 2 aromatic rings. The van der Waals surface area contributed by atoms with Gasteiger partial charge in [-0.05, 0) is 44.7 Å². The van der Waals surface area contributed by atoms with Crippen LogP contribution in [0.3, 0.4) is 0 Å². The second-order valence-corrected chi connectivity index (χ2v) is 10.2. The Labute approximate surface area is 212 Å². The molecule has 1 amide bonds. The Morgan fingerprint density at radius 2 is 1.91 bits per heavy atom. The number of ether oxygens (including phenoxy) is 2. The Kier molecular flexibility index (Phi) is 6.88. The maximum Gasteiger partial charge on any atom is 0.375 e. The number of esters is 1. The van der Waals surface area contributed by atoms with Crippen LogP contribution in [0.1, 0.15) is 56.3 Å². The quantitative estimate of drug-likeness (QED) is 0.271. The van der Waals surface area contributed by atoms with Crippen molar-refractivity contribution in [3.63, 3.8) is 0 Å². The van der Waals surface area contributed by atoms with E-state index in [-0.39, 0.29) is 30.6 Å². The SMILES string of the molecule is CCOC(=O)C(=O)CC(=O)N1C[C@@H]2C[C@H]1C[C@H]2OCc1c(-c2c(Cl)cccc2Cl)noc1C1CC1. The molecule has 0 unspecified atom stereocenters. The van der Waals surface area contributed by atoms with E-state index < -0.39 is 18.2 Å². The minimum Gasteiger partial charge on any atom is -0.460 e. The molecule has 2 bridgehead atoms. The molecule has 186 valence electrons. The zero-order chi connectivity index (χ0) is 24.7. The molecule has 10 heteroatoms. The van der Waals surface area contributed by atoms with Gasteiger partial charge < -0.3 is 18.9 Å². The van der Waals surface area contributed by atoms with Crippen molar-refractivity contribution in [1.82, 2.24) is 10.1 Å². The molecule has 5 rings (SSSR count). The van der Waals surface area contributed by atoms with Crippen molar-refractivity contribution in [3.8, 4) is 11.3 Å². The first-order valence-corrected chi connectivity index (χ1v) is 12.7. The number of aromatic nitrogens is 1. The summed E-state index contributed by atoms with van der Waals surface area (Å²) >= 11 is 12.9. The van der Waals surface area contributed by atoms with Crippen molar-refractivity contribution < 1.29 is 28.4 Å². The van der Waals surface area contributed by atoms with Crippen LogP contribution in [-0.2, 0) is 30.5 Å². The Morgan fingerprint density at radius 3 is 2.54 bits per heavy atom.